The zero-order valence-corrected chi connectivity index (χ0v) is 15.0. The first-order valence-corrected chi connectivity index (χ1v) is 8.00. The molecule has 0 aromatic heterocycles. The average Bonchev–Trinajstić information content (AvgIpc) is 2.68. The van der Waals surface area contributed by atoms with E-state index in [9.17, 15) is 10.1 Å². The molecule has 6 nitrogen and oxygen atoms in total. The number of allylic oxidation sites excluding steroid dienone is 1. The lowest BCUT2D eigenvalue weighted by molar-refractivity contribution is -0.113. The molecule has 2 aromatic carbocycles. The Hall–Kier alpha value is -3.46. The highest BCUT2D eigenvalue weighted by Crippen LogP contribution is 2.18. The number of nitrogens with zero attached hydrogens (tertiary/aromatic N) is 1. The molecule has 134 valence electrons. The Balaban J connectivity index is 2.02. The molecule has 26 heavy (non-hydrogen) atoms. The Morgan fingerprint density at radius 3 is 1.92 bits per heavy atom. The fraction of sp³-hybridized carbons (Fsp3) is 0.200. The van der Waals surface area contributed by atoms with E-state index in [2.05, 4.69) is 10.6 Å². The summed E-state index contributed by atoms with van der Waals surface area (Å²) in [7, 11) is 3.18. The van der Waals surface area contributed by atoms with Gasteiger partial charge in [0.1, 0.15) is 23.1 Å². The molecule has 0 aliphatic carbocycles. The van der Waals surface area contributed by atoms with E-state index in [1.807, 2.05) is 30.3 Å². The van der Waals surface area contributed by atoms with Crippen molar-refractivity contribution in [2.24, 2.45) is 0 Å². The van der Waals surface area contributed by atoms with Gasteiger partial charge in [-0.05, 0) is 55.5 Å². The van der Waals surface area contributed by atoms with E-state index in [4.69, 9.17) is 9.47 Å². The van der Waals surface area contributed by atoms with Crippen LogP contribution in [0.15, 0.2) is 59.8 Å². The molecule has 0 aliphatic heterocycles. The van der Waals surface area contributed by atoms with Crippen LogP contribution in [0.5, 0.6) is 11.5 Å². The van der Waals surface area contributed by atoms with Crippen LogP contribution in [0.1, 0.15) is 6.92 Å². The minimum Gasteiger partial charge on any atom is -0.497 e. The van der Waals surface area contributed by atoms with Crippen molar-refractivity contribution in [2.75, 3.05) is 31.4 Å². The summed E-state index contributed by atoms with van der Waals surface area (Å²) in [5.41, 5.74) is 2.13. The van der Waals surface area contributed by atoms with Gasteiger partial charge < -0.3 is 20.1 Å². The smallest absolute Gasteiger partial charge is 0.194 e. The SMILES string of the molecule is COc1ccc(NCC(=O)C(C#N)=C(C)Nc2ccc(OC)cc2)cc1. The fourth-order valence-electron chi connectivity index (χ4n) is 2.29. The number of methoxy groups -OCH3 is 2. The zero-order valence-electron chi connectivity index (χ0n) is 15.0. The van der Waals surface area contributed by atoms with Gasteiger partial charge in [0.15, 0.2) is 5.78 Å². The molecular weight excluding hydrogens is 330 g/mol. The molecule has 0 amide bonds. The third-order valence-corrected chi connectivity index (χ3v) is 3.73. The van der Waals surface area contributed by atoms with Crippen LogP contribution in [0.2, 0.25) is 0 Å². The predicted octanol–water partition coefficient (Wildman–Crippen LogP) is 3.59. The predicted molar refractivity (Wildman–Crippen MR) is 101 cm³/mol. The van der Waals surface area contributed by atoms with Gasteiger partial charge in [0, 0.05) is 17.1 Å². The van der Waals surface area contributed by atoms with Crippen molar-refractivity contribution in [3.8, 4) is 17.6 Å². The molecule has 0 bridgehead atoms. The van der Waals surface area contributed by atoms with Crippen LogP contribution in [0.3, 0.4) is 0 Å². The summed E-state index contributed by atoms with van der Waals surface area (Å²) in [4.78, 5) is 12.4. The van der Waals surface area contributed by atoms with E-state index in [1.54, 1.807) is 45.4 Å². The minimum absolute atomic E-state index is 0.0247. The van der Waals surface area contributed by atoms with Crippen LogP contribution in [0.25, 0.3) is 0 Å². The van der Waals surface area contributed by atoms with Crippen molar-refractivity contribution in [3.63, 3.8) is 0 Å². The van der Waals surface area contributed by atoms with Gasteiger partial charge in [0.05, 0.1) is 20.8 Å². The van der Waals surface area contributed by atoms with Crippen LogP contribution < -0.4 is 20.1 Å². The van der Waals surface area contributed by atoms with Crippen molar-refractivity contribution in [3.05, 3.63) is 59.8 Å². The Bertz CT molecular complexity index is 819. The fourth-order valence-corrected chi connectivity index (χ4v) is 2.29. The van der Waals surface area contributed by atoms with Crippen molar-refractivity contribution in [1.29, 1.82) is 5.26 Å². The maximum Gasteiger partial charge on any atom is 0.194 e. The lowest BCUT2D eigenvalue weighted by Gasteiger charge is -2.11. The Kier molecular flexibility index (Phi) is 6.63. The number of ketones is 1. The number of carbonyl (C=O) groups excluding carboxylic acids is 1. The second kappa shape index (κ2) is 9.14. The molecule has 2 rings (SSSR count). The molecule has 0 aliphatic rings. The molecule has 6 heteroatoms. The van der Waals surface area contributed by atoms with Gasteiger partial charge in [-0.3, -0.25) is 4.79 Å². The first kappa shape index (κ1) is 18.9. The molecule has 0 radical (unpaired) electrons. The van der Waals surface area contributed by atoms with Crippen LogP contribution >= 0.6 is 0 Å². The molecule has 0 heterocycles. The summed E-state index contributed by atoms with van der Waals surface area (Å²) >= 11 is 0. The quantitative estimate of drug-likeness (QED) is 0.558. The summed E-state index contributed by atoms with van der Waals surface area (Å²) in [6.45, 7) is 1.73. The number of nitrogens with one attached hydrogen (secondary N) is 2. The topological polar surface area (TPSA) is 83.4 Å². The normalized spacial score (nSPS) is 11.0. The monoisotopic (exact) mass is 351 g/mol. The first-order chi connectivity index (χ1) is 12.6. The number of hydrogen-bond acceptors (Lipinski definition) is 6. The molecule has 0 unspecified atom stereocenters. The average molecular weight is 351 g/mol. The number of Topliss-reactive ketones (excluding diaryl/α,β-unsaturated/α-hetero) is 1. The van der Waals surface area contributed by atoms with E-state index in [1.165, 1.54) is 0 Å². The second-order valence-corrected chi connectivity index (χ2v) is 5.47. The third-order valence-electron chi connectivity index (χ3n) is 3.73. The van der Waals surface area contributed by atoms with Gasteiger partial charge in [-0.1, -0.05) is 0 Å². The van der Waals surface area contributed by atoms with E-state index in [0.717, 1.165) is 22.9 Å². The lowest BCUT2D eigenvalue weighted by atomic mass is 10.1. The van der Waals surface area contributed by atoms with Crippen molar-refractivity contribution >= 4 is 17.2 Å². The van der Waals surface area contributed by atoms with Crippen molar-refractivity contribution in [1.82, 2.24) is 0 Å². The molecular formula is C20H21N3O3. The lowest BCUT2D eigenvalue weighted by Crippen LogP contribution is -2.18. The zero-order chi connectivity index (χ0) is 18.9. The van der Waals surface area contributed by atoms with E-state index in [0.29, 0.717) is 5.70 Å². The molecule has 2 N–H and O–H groups in total. The largest absolute Gasteiger partial charge is 0.497 e. The molecule has 0 atom stereocenters. The standard InChI is InChI=1S/C20H21N3O3/c1-14(23-16-6-10-18(26-3)11-7-16)19(12-21)20(24)13-22-15-4-8-17(25-2)9-5-15/h4-11,22-23H,13H2,1-3H3. The van der Waals surface area contributed by atoms with Crippen molar-refractivity contribution in [2.45, 2.75) is 6.92 Å². The highest BCUT2D eigenvalue weighted by atomic mass is 16.5. The van der Waals surface area contributed by atoms with E-state index in [-0.39, 0.29) is 17.9 Å². The first-order valence-electron chi connectivity index (χ1n) is 8.00. The minimum atomic E-state index is -0.290. The van der Waals surface area contributed by atoms with Crippen molar-refractivity contribution < 1.29 is 14.3 Å². The molecule has 0 fully saturated rings. The van der Waals surface area contributed by atoms with Gasteiger partial charge >= 0.3 is 0 Å². The maximum atomic E-state index is 12.4. The summed E-state index contributed by atoms with van der Waals surface area (Å²) in [5, 5.41) is 15.4. The summed E-state index contributed by atoms with van der Waals surface area (Å²) in [5.74, 6) is 1.18. The van der Waals surface area contributed by atoms with Crippen LogP contribution in [0, 0.1) is 11.3 Å². The van der Waals surface area contributed by atoms with Crippen LogP contribution in [-0.4, -0.2) is 26.5 Å². The number of nitriles is 1. The highest BCUT2D eigenvalue weighted by molar-refractivity contribution is 6.02. The molecule has 0 spiro atoms. The highest BCUT2D eigenvalue weighted by Gasteiger charge is 2.13. The Morgan fingerprint density at radius 2 is 1.46 bits per heavy atom. The van der Waals surface area contributed by atoms with Gasteiger partial charge in [0.2, 0.25) is 0 Å². The summed E-state index contributed by atoms with van der Waals surface area (Å²) < 4.78 is 10.2. The summed E-state index contributed by atoms with van der Waals surface area (Å²) in [6.07, 6.45) is 0. The maximum absolute atomic E-state index is 12.4. The number of anilines is 2. The van der Waals surface area contributed by atoms with E-state index < -0.39 is 0 Å². The van der Waals surface area contributed by atoms with E-state index >= 15 is 0 Å². The van der Waals surface area contributed by atoms with Gasteiger partial charge in [-0.25, -0.2) is 0 Å². The molecule has 2 aromatic rings. The molecule has 0 saturated carbocycles. The van der Waals surface area contributed by atoms with Crippen LogP contribution in [0.4, 0.5) is 11.4 Å². The molecule has 0 saturated heterocycles. The van der Waals surface area contributed by atoms with Gasteiger partial charge in [-0.2, -0.15) is 5.26 Å². The Morgan fingerprint density at radius 1 is 0.962 bits per heavy atom. The number of rotatable bonds is 8. The number of benzene rings is 2. The number of carbonyl (C=O) groups is 1. The Labute approximate surface area is 153 Å². The van der Waals surface area contributed by atoms with Gasteiger partial charge in [-0.15, -0.1) is 0 Å². The number of hydrogen-bond donors (Lipinski definition) is 2. The summed E-state index contributed by atoms with van der Waals surface area (Å²) in [6, 6.07) is 16.4. The third kappa shape index (κ3) is 5.02. The van der Waals surface area contributed by atoms with Gasteiger partial charge in [0.25, 0.3) is 0 Å². The van der Waals surface area contributed by atoms with Crippen LogP contribution in [-0.2, 0) is 4.79 Å². The number of ether oxygens (including phenoxy) is 2. The second-order valence-electron chi connectivity index (χ2n) is 5.47.